The topological polar surface area (TPSA) is 81.3 Å². The van der Waals surface area contributed by atoms with Gasteiger partial charge in [0, 0.05) is 48.0 Å². The summed E-state index contributed by atoms with van der Waals surface area (Å²) in [5.74, 6) is -0.424. The number of nitrogens with zero attached hydrogens (tertiary/aromatic N) is 3. The van der Waals surface area contributed by atoms with Gasteiger partial charge in [-0.3, -0.25) is 14.7 Å². The van der Waals surface area contributed by atoms with Crippen LogP contribution in [0, 0.1) is 6.92 Å². The predicted octanol–water partition coefficient (Wildman–Crippen LogP) is 3.19. The number of amides is 1. The molecule has 3 heterocycles. The van der Waals surface area contributed by atoms with Gasteiger partial charge in [0.2, 0.25) is 5.91 Å². The first-order chi connectivity index (χ1) is 13.6. The Balaban J connectivity index is 1.43. The second-order valence-corrected chi connectivity index (χ2v) is 8.17. The fraction of sp³-hybridized carbons (Fsp3) is 0.286. The molecule has 1 amide bonds. The molecule has 1 saturated heterocycles. The number of benzene rings is 1. The number of aromatic nitrogens is 2. The largest absolute Gasteiger partial charge is 0.369 e. The Bertz CT molecular complexity index is 953. The zero-order valence-electron chi connectivity index (χ0n) is 15.7. The van der Waals surface area contributed by atoms with Crippen LogP contribution in [0.3, 0.4) is 0 Å². The molecule has 7 heteroatoms. The maximum Gasteiger partial charge on any atom is 0.248 e. The maximum atomic E-state index is 11.2. The highest BCUT2D eigenvalue weighted by Crippen LogP contribution is 2.25. The lowest BCUT2D eigenvalue weighted by Gasteiger charge is -2.32. The van der Waals surface area contributed by atoms with Crippen LogP contribution in [-0.2, 0) is 11.3 Å². The van der Waals surface area contributed by atoms with Crippen molar-refractivity contribution in [3.05, 3.63) is 69.9 Å². The van der Waals surface area contributed by atoms with Gasteiger partial charge in [-0.05, 0) is 30.7 Å². The van der Waals surface area contributed by atoms with Crippen LogP contribution in [0.1, 0.15) is 32.0 Å². The Morgan fingerprint density at radius 2 is 1.96 bits per heavy atom. The molecule has 0 saturated carbocycles. The molecule has 6 nitrogen and oxygen atoms in total. The lowest BCUT2D eigenvalue weighted by Crippen LogP contribution is -2.37. The van der Waals surface area contributed by atoms with Crippen LogP contribution >= 0.6 is 11.3 Å². The Kier molecular flexibility index (Phi) is 5.47. The number of carbonyl (C=O) groups is 1. The van der Waals surface area contributed by atoms with Crippen LogP contribution < -0.4 is 5.73 Å². The van der Waals surface area contributed by atoms with Gasteiger partial charge in [0.15, 0.2) is 0 Å². The minimum absolute atomic E-state index is 0.0333. The highest BCUT2D eigenvalue weighted by Gasteiger charge is 2.23. The van der Waals surface area contributed by atoms with E-state index in [2.05, 4.69) is 14.9 Å². The molecule has 1 aromatic carbocycles. The summed E-state index contributed by atoms with van der Waals surface area (Å²) in [5, 5.41) is 1.10. The molecule has 4 rings (SSSR count). The molecule has 0 radical (unpaired) electrons. The number of primary amides is 1. The van der Waals surface area contributed by atoms with Crippen molar-refractivity contribution in [1.29, 1.82) is 0 Å². The molecule has 2 aromatic heterocycles. The van der Waals surface area contributed by atoms with Crippen molar-refractivity contribution in [2.45, 2.75) is 19.6 Å². The van der Waals surface area contributed by atoms with Gasteiger partial charge in [0.1, 0.15) is 6.10 Å². The van der Waals surface area contributed by atoms with Gasteiger partial charge in [-0.2, -0.15) is 0 Å². The van der Waals surface area contributed by atoms with Gasteiger partial charge in [-0.25, -0.2) is 4.98 Å². The number of carbonyl (C=O) groups excluding carboxylic acids is 1. The maximum absolute atomic E-state index is 11.2. The monoisotopic (exact) mass is 394 g/mol. The molecular weight excluding hydrogens is 372 g/mol. The molecule has 1 atom stereocenters. The normalized spacial score (nSPS) is 17.5. The van der Waals surface area contributed by atoms with Crippen LogP contribution in [-0.4, -0.2) is 40.5 Å². The van der Waals surface area contributed by atoms with Gasteiger partial charge in [-0.1, -0.05) is 18.2 Å². The number of hydrogen-bond donors (Lipinski definition) is 1. The van der Waals surface area contributed by atoms with E-state index in [1.165, 1.54) is 4.88 Å². The summed E-state index contributed by atoms with van der Waals surface area (Å²) in [6.07, 6.45) is 3.78. The van der Waals surface area contributed by atoms with Crippen LogP contribution in [0.15, 0.2) is 48.8 Å². The van der Waals surface area contributed by atoms with Crippen molar-refractivity contribution in [3.63, 3.8) is 0 Å². The van der Waals surface area contributed by atoms with Crippen LogP contribution in [0.25, 0.3) is 11.1 Å². The summed E-state index contributed by atoms with van der Waals surface area (Å²) in [6.45, 7) is 5.35. The Morgan fingerprint density at radius 1 is 1.18 bits per heavy atom. The quantitative estimate of drug-likeness (QED) is 0.719. The van der Waals surface area contributed by atoms with Gasteiger partial charge in [0.25, 0.3) is 0 Å². The third-order valence-electron chi connectivity index (χ3n) is 4.82. The molecule has 3 aromatic rings. The number of rotatable bonds is 5. The zero-order valence-corrected chi connectivity index (χ0v) is 16.5. The van der Waals surface area contributed by atoms with Crippen molar-refractivity contribution in [2.75, 3.05) is 19.7 Å². The predicted molar refractivity (Wildman–Crippen MR) is 109 cm³/mol. The molecular formula is C21H22N4O2S. The van der Waals surface area contributed by atoms with Crippen molar-refractivity contribution in [2.24, 2.45) is 5.73 Å². The van der Waals surface area contributed by atoms with Crippen molar-refractivity contribution in [1.82, 2.24) is 14.9 Å². The Morgan fingerprint density at radius 3 is 2.61 bits per heavy atom. The number of nitrogens with two attached hydrogens (primary N) is 1. The smallest absolute Gasteiger partial charge is 0.248 e. The van der Waals surface area contributed by atoms with Crippen LogP contribution in [0.2, 0.25) is 0 Å². The van der Waals surface area contributed by atoms with Crippen LogP contribution in [0.4, 0.5) is 0 Å². The number of ether oxygens (including phenoxy) is 1. The minimum Gasteiger partial charge on any atom is -0.369 e. The van der Waals surface area contributed by atoms with Crippen molar-refractivity contribution >= 4 is 17.2 Å². The summed E-state index contributed by atoms with van der Waals surface area (Å²) in [5.41, 5.74) is 8.72. The summed E-state index contributed by atoms with van der Waals surface area (Å²) in [6, 6.07) is 11.3. The van der Waals surface area contributed by atoms with E-state index in [0.29, 0.717) is 12.2 Å². The zero-order chi connectivity index (χ0) is 19.5. The Hall–Kier alpha value is -2.61. The van der Waals surface area contributed by atoms with E-state index in [9.17, 15) is 4.79 Å². The standard InChI is InChI=1S/C21H22N4O2S/c1-14-23-11-18(28-14)12-25-8-9-27-20(13-25)19-7-6-17(10-24-19)15-2-4-16(5-3-15)21(22)26/h2-7,10-11,20H,8-9,12-13H2,1H3,(H2,22,26). The number of thiazole rings is 1. The number of hydrogen-bond acceptors (Lipinski definition) is 6. The summed E-state index contributed by atoms with van der Waals surface area (Å²) < 4.78 is 5.96. The van der Waals surface area contributed by atoms with Gasteiger partial charge in [-0.15, -0.1) is 11.3 Å². The van der Waals surface area contributed by atoms with E-state index in [4.69, 9.17) is 10.5 Å². The van der Waals surface area contributed by atoms with Gasteiger partial charge < -0.3 is 10.5 Å². The molecule has 1 unspecified atom stereocenters. The molecule has 1 fully saturated rings. The molecule has 144 valence electrons. The third kappa shape index (κ3) is 4.27. The van der Waals surface area contributed by atoms with Gasteiger partial charge in [0.05, 0.1) is 17.3 Å². The fourth-order valence-electron chi connectivity index (χ4n) is 3.32. The van der Waals surface area contributed by atoms with Gasteiger partial charge >= 0.3 is 0 Å². The van der Waals surface area contributed by atoms with E-state index in [1.807, 2.05) is 43.6 Å². The third-order valence-corrected chi connectivity index (χ3v) is 5.72. The van der Waals surface area contributed by atoms with E-state index in [0.717, 1.165) is 41.5 Å². The highest BCUT2D eigenvalue weighted by molar-refractivity contribution is 7.11. The second kappa shape index (κ2) is 8.18. The first-order valence-electron chi connectivity index (χ1n) is 9.20. The van der Waals surface area contributed by atoms with E-state index >= 15 is 0 Å². The lowest BCUT2D eigenvalue weighted by molar-refractivity contribution is -0.0346. The fourth-order valence-corrected chi connectivity index (χ4v) is 4.15. The lowest BCUT2D eigenvalue weighted by atomic mass is 10.0. The SMILES string of the molecule is Cc1ncc(CN2CCOC(c3ccc(-c4ccc(C(N)=O)cc4)cn3)C2)s1. The van der Waals surface area contributed by atoms with E-state index in [-0.39, 0.29) is 6.10 Å². The molecule has 2 N–H and O–H groups in total. The molecule has 28 heavy (non-hydrogen) atoms. The Labute approximate surface area is 168 Å². The summed E-state index contributed by atoms with van der Waals surface area (Å²) >= 11 is 1.74. The number of morpholine rings is 1. The van der Waals surface area contributed by atoms with Crippen molar-refractivity contribution < 1.29 is 9.53 Å². The first-order valence-corrected chi connectivity index (χ1v) is 10.0. The summed E-state index contributed by atoms with van der Waals surface area (Å²) in [4.78, 5) is 23.8. The average Bonchev–Trinajstić information content (AvgIpc) is 3.13. The first kappa shape index (κ1) is 18.7. The van der Waals surface area contributed by atoms with E-state index < -0.39 is 5.91 Å². The summed E-state index contributed by atoms with van der Waals surface area (Å²) in [7, 11) is 0. The molecule has 0 bridgehead atoms. The average molecular weight is 395 g/mol. The van der Waals surface area contributed by atoms with Crippen LogP contribution in [0.5, 0.6) is 0 Å². The number of aryl methyl sites for hydroxylation is 1. The molecule has 0 aliphatic carbocycles. The van der Waals surface area contributed by atoms with E-state index in [1.54, 1.807) is 23.5 Å². The highest BCUT2D eigenvalue weighted by atomic mass is 32.1. The number of pyridine rings is 1. The molecule has 0 spiro atoms. The molecule has 1 aliphatic rings. The second-order valence-electron chi connectivity index (χ2n) is 6.85. The minimum atomic E-state index is -0.424. The molecule has 1 aliphatic heterocycles. The van der Waals surface area contributed by atoms with Crippen molar-refractivity contribution in [3.8, 4) is 11.1 Å².